The van der Waals surface area contributed by atoms with E-state index in [1.165, 1.54) is 12.3 Å². The first-order valence-electron chi connectivity index (χ1n) is 2.71. The smallest absolute Gasteiger partial charge is 0.174 e. The number of hydrogen-bond acceptors (Lipinski definition) is 4. The van der Waals surface area contributed by atoms with Crippen molar-refractivity contribution in [1.29, 1.82) is 10.5 Å². The molecule has 0 amide bonds. The normalized spacial score (nSPS) is 11.5. The second-order valence-electron chi connectivity index (χ2n) is 1.50. The lowest BCUT2D eigenvalue weighted by Gasteiger charge is -1.86. The van der Waals surface area contributed by atoms with E-state index in [2.05, 4.69) is 11.6 Å². The van der Waals surface area contributed by atoms with Gasteiger partial charge in [0.2, 0.25) is 0 Å². The van der Waals surface area contributed by atoms with Crippen LogP contribution in [0, 0.1) is 22.7 Å². The van der Waals surface area contributed by atoms with E-state index in [1.807, 2.05) is 0 Å². The second-order valence-corrected chi connectivity index (χ2v) is 1.50. The van der Waals surface area contributed by atoms with Gasteiger partial charge in [-0.25, -0.2) is 4.99 Å². The molecule has 0 aliphatic rings. The van der Waals surface area contributed by atoms with Crippen LogP contribution in [0.15, 0.2) is 29.0 Å². The average molecular weight is 146 g/mol. The molecule has 0 spiro atoms. The molecular formula is C7H6N4. The SMILES string of the molecule is C=CC=NC(C#N)=C(N)C#N. The van der Waals surface area contributed by atoms with E-state index in [0.29, 0.717) is 0 Å². The Morgan fingerprint density at radius 1 is 1.45 bits per heavy atom. The lowest BCUT2D eigenvalue weighted by atomic mass is 10.4. The van der Waals surface area contributed by atoms with Gasteiger partial charge in [0.05, 0.1) is 0 Å². The van der Waals surface area contributed by atoms with Gasteiger partial charge in [-0.15, -0.1) is 0 Å². The first-order valence-corrected chi connectivity index (χ1v) is 2.71. The van der Waals surface area contributed by atoms with Gasteiger partial charge in [-0.1, -0.05) is 12.7 Å². The molecule has 0 saturated carbocycles. The quantitative estimate of drug-likeness (QED) is 0.453. The predicted molar refractivity (Wildman–Crippen MR) is 41.1 cm³/mol. The van der Waals surface area contributed by atoms with Crippen LogP contribution in [-0.4, -0.2) is 6.21 Å². The van der Waals surface area contributed by atoms with Crippen molar-refractivity contribution >= 4 is 6.21 Å². The highest BCUT2D eigenvalue weighted by molar-refractivity contribution is 5.72. The maximum atomic E-state index is 8.37. The molecule has 0 fully saturated rings. The van der Waals surface area contributed by atoms with Crippen LogP contribution in [0.4, 0.5) is 0 Å². The molecule has 0 aliphatic heterocycles. The number of nitriles is 2. The van der Waals surface area contributed by atoms with Crippen LogP contribution in [0.2, 0.25) is 0 Å². The van der Waals surface area contributed by atoms with E-state index in [9.17, 15) is 0 Å². The molecule has 0 aromatic carbocycles. The van der Waals surface area contributed by atoms with Crippen LogP contribution < -0.4 is 5.73 Å². The Morgan fingerprint density at radius 2 is 2.09 bits per heavy atom. The summed E-state index contributed by atoms with van der Waals surface area (Å²) in [7, 11) is 0. The molecule has 0 unspecified atom stereocenters. The summed E-state index contributed by atoms with van der Waals surface area (Å²) in [6, 6.07) is 3.29. The highest BCUT2D eigenvalue weighted by Gasteiger charge is 1.96. The van der Waals surface area contributed by atoms with Gasteiger partial charge >= 0.3 is 0 Å². The lowest BCUT2D eigenvalue weighted by molar-refractivity contribution is 1.27. The van der Waals surface area contributed by atoms with Crippen molar-refractivity contribution < 1.29 is 0 Å². The number of aliphatic imine (C=N–C) groups is 1. The van der Waals surface area contributed by atoms with Crippen LogP contribution >= 0.6 is 0 Å². The van der Waals surface area contributed by atoms with Gasteiger partial charge in [-0.2, -0.15) is 10.5 Å². The zero-order valence-electron chi connectivity index (χ0n) is 5.78. The Hall–Kier alpha value is -2.07. The topological polar surface area (TPSA) is 86.0 Å². The van der Waals surface area contributed by atoms with Gasteiger partial charge in [-0.05, 0) is 0 Å². The highest BCUT2D eigenvalue weighted by atomic mass is 14.8. The van der Waals surface area contributed by atoms with Crippen molar-refractivity contribution in [2.75, 3.05) is 0 Å². The molecule has 4 heteroatoms. The van der Waals surface area contributed by atoms with Crippen LogP contribution in [-0.2, 0) is 0 Å². The maximum absolute atomic E-state index is 8.37. The Balaban J connectivity index is 4.74. The minimum absolute atomic E-state index is 0.0904. The molecular weight excluding hydrogens is 140 g/mol. The van der Waals surface area contributed by atoms with Crippen molar-refractivity contribution in [2.24, 2.45) is 10.7 Å². The number of allylic oxidation sites excluding steroid dienone is 3. The van der Waals surface area contributed by atoms with Gasteiger partial charge in [0.15, 0.2) is 5.70 Å². The van der Waals surface area contributed by atoms with E-state index in [1.54, 1.807) is 12.1 Å². The fourth-order valence-electron chi connectivity index (χ4n) is 0.339. The fraction of sp³-hybridized carbons (Fsp3) is 0. The van der Waals surface area contributed by atoms with E-state index in [-0.39, 0.29) is 11.4 Å². The third kappa shape index (κ3) is 2.83. The maximum Gasteiger partial charge on any atom is 0.174 e. The third-order valence-electron chi connectivity index (χ3n) is 0.791. The van der Waals surface area contributed by atoms with Crippen molar-refractivity contribution in [2.45, 2.75) is 0 Å². The van der Waals surface area contributed by atoms with Crippen molar-refractivity contribution in [1.82, 2.24) is 0 Å². The molecule has 2 N–H and O–H groups in total. The molecule has 0 rings (SSSR count). The molecule has 54 valence electrons. The van der Waals surface area contributed by atoms with Crippen molar-refractivity contribution in [3.05, 3.63) is 24.0 Å². The molecule has 0 bridgehead atoms. The van der Waals surface area contributed by atoms with E-state index in [0.717, 1.165) is 0 Å². The minimum atomic E-state index is -0.189. The van der Waals surface area contributed by atoms with Gasteiger partial charge in [0.1, 0.15) is 17.8 Å². The lowest BCUT2D eigenvalue weighted by Crippen LogP contribution is -1.96. The van der Waals surface area contributed by atoms with Crippen LogP contribution in [0.5, 0.6) is 0 Å². The Labute approximate surface area is 64.6 Å². The van der Waals surface area contributed by atoms with Crippen LogP contribution in [0.25, 0.3) is 0 Å². The number of nitrogens with two attached hydrogens (primary N) is 1. The molecule has 0 radical (unpaired) electrons. The first kappa shape index (κ1) is 8.93. The summed E-state index contributed by atoms with van der Waals surface area (Å²) in [6.45, 7) is 3.35. The third-order valence-corrected chi connectivity index (χ3v) is 0.791. The van der Waals surface area contributed by atoms with E-state index in [4.69, 9.17) is 16.3 Å². The molecule has 0 heterocycles. The average Bonchev–Trinajstić information content (AvgIpc) is 2.05. The standard InChI is InChI=1S/C7H6N4/c1-2-3-11-7(5-9)6(10)4-8/h2-3H,1,10H2. The number of rotatable bonds is 2. The van der Waals surface area contributed by atoms with Gasteiger partial charge in [0.25, 0.3) is 0 Å². The first-order chi connectivity index (χ1) is 5.26. The molecule has 0 aromatic heterocycles. The largest absolute Gasteiger partial charge is 0.388 e. The summed E-state index contributed by atoms with van der Waals surface area (Å²) in [5, 5.41) is 16.6. The zero-order chi connectivity index (χ0) is 8.69. The van der Waals surface area contributed by atoms with E-state index < -0.39 is 0 Å². The summed E-state index contributed by atoms with van der Waals surface area (Å²) in [5.41, 5.74) is 4.84. The van der Waals surface area contributed by atoms with Gasteiger partial charge in [-0.3, -0.25) is 0 Å². The molecule has 4 nitrogen and oxygen atoms in total. The summed E-state index contributed by atoms with van der Waals surface area (Å²) >= 11 is 0. The molecule has 11 heavy (non-hydrogen) atoms. The zero-order valence-corrected chi connectivity index (χ0v) is 5.78. The summed E-state index contributed by atoms with van der Waals surface area (Å²) in [6.07, 6.45) is 2.69. The van der Waals surface area contributed by atoms with Crippen molar-refractivity contribution in [3.8, 4) is 12.1 Å². The second kappa shape index (κ2) is 4.78. The molecule has 0 aromatic rings. The minimum Gasteiger partial charge on any atom is -0.388 e. The highest BCUT2D eigenvalue weighted by Crippen LogP contribution is 1.96. The van der Waals surface area contributed by atoms with Gasteiger partial charge < -0.3 is 5.73 Å². The predicted octanol–water partition coefficient (Wildman–Crippen LogP) is 0.461. The summed E-state index contributed by atoms with van der Waals surface area (Å²) in [4.78, 5) is 3.56. The monoisotopic (exact) mass is 146 g/mol. The number of nitrogens with zero attached hydrogens (tertiary/aromatic N) is 3. The Bertz CT molecular complexity index is 285. The summed E-state index contributed by atoms with van der Waals surface area (Å²) < 4.78 is 0. The van der Waals surface area contributed by atoms with Crippen LogP contribution in [0.3, 0.4) is 0 Å². The summed E-state index contributed by atoms with van der Waals surface area (Å²) in [5.74, 6) is 0. The van der Waals surface area contributed by atoms with Gasteiger partial charge in [0, 0.05) is 6.21 Å². The van der Waals surface area contributed by atoms with Crippen LogP contribution in [0.1, 0.15) is 0 Å². The number of hydrogen-bond donors (Lipinski definition) is 1. The van der Waals surface area contributed by atoms with Crippen molar-refractivity contribution in [3.63, 3.8) is 0 Å². The van der Waals surface area contributed by atoms with E-state index >= 15 is 0 Å². The fourth-order valence-corrected chi connectivity index (χ4v) is 0.339. The molecule has 0 saturated heterocycles. The molecule has 0 aliphatic carbocycles. The molecule has 0 atom stereocenters. The Morgan fingerprint density at radius 3 is 2.45 bits per heavy atom. The Kier molecular flexibility index (Phi) is 3.88.